The Hall–Kier alpha value is -2.62. The Labute approximate surface area is 216 Å². The van der Waals surface area contributed by atoms with Crippen LogP contribution in [0.5, 0.6) is 0 Å². The van der Waals surface area contributed by atoms with E-state index in [1.807, 2.05) is 6.92 Å². The van der Waals surface area contributed by atoms with Gasteiger partial charge in [0.1, 0.15) is 12.2 Å². The molecule has 0 aromatic heterocycles. The first kappa shape index (κ1) is 26.0. The van der Waals surface area contributed by atoms with Crippen molar-refractivity contribution in [2.45, 2.75) is 91.5 Å². The monoisotopic (exact) mass is 520 g/mol. The molecule has 0 radical (unpaired) electrons. The molecule has 10 nitrogen and oxygen atoms in total. The summed E-state index contributed by atoms with van der Waals surface area (Å²) in [7, 11) is 0. The van der Waals surface area contributed by atoms with Gasteiger partial charge in [0.05, 0.1) is 29.6 Å². The molecule has 10 heteroatoms. The van der Waals surface area contributed by atoms with Gasteiger partial charge in [-0.3, -0.25) is 19.2 Å². The molecule has 3 unspecified atom stereocenters. The molecule has 5 rings (SSSR count). The Morgan fingerprint density at radius 1 is 1.16 bits per heavy atom. The zero-order chi connectivity index (χ0) is 27.0. The number of esters is 4. The van der Waals surface area contributed by atoms with Crippen LogP contribution in [0.15, 0.2) is 11.8 Å². The fourth-order valence-electron chi connectivity index (χ4n) is 7.69. The molecule has 37 heavy (non-hydrogen) atoms. The van der Waals surface area contributed by atoms with E-state index in [1.54, 1.807) is 27.7 Å². The van der Waals surface area contributed by atoms with Crippen LogP contribution in [0.25, 0.3) is 0 Å². The van der Waals surface area contributed by atoms with E-state index in [1.165, 1.54) is 13.2 Å². The van der Waals surface area contributed by atoms with Gasteiger partial charge in [-0.25, -0.2) is 0 Å². The lowest BCUT2D eigenvalue weighted by Gasteiger charge is -2.51. The number of aliphatic hydroxyl groups is 1. The van der Waals surface area contributed by atoms with Gasteiger partial charge >= 0.3 is 23.9 Å². The summed E-state index contributed by atoms with van der Waals surface area (Å²) in [4.78, 5) is 50.4. The standard InChI is InChI=1S/C27H36O10/c1-7-11(2)22(30)35-19-16-9-27-15-8-18(29)21(27)26(16,6)25(32)36-20(19)17(27)10-33-24(15)37-23(31)12(3)13(4)34-14(5)28/h10-13,15-16,18-21,24,29H,7-9H2,1-6H3/t11?,12?,13?,15-,16-,18+,19-,20+,21-,24-,26+,27-/m0/s1. The topological polar surface area (TPSA) is 135 Å². The SMILES string of the molecule is CCC(C)C(=O)O[C@@H]1[C@@H]2OC(=O)[C@]3(C)[C@H]1C[C@@]14C2=CO[C@@H](OC(=O)C(C)C(C)OC(C)=O)[C@@H]1C[C@@H](O)[C@@H]34. The minimum atomic E-state index is -1.07. The molecule has 3 aliphatic carbocycles. The van der Waals surface area contributed by atoms with Crippen molar-refractivity contribution < 1.29 is 48.0 Å². The maximum Gasteiger partial charge on any atom is 0.315 e. The first-order valence-electron chi connectivity index (χ1n) is 13.2. The summed E-state index contributed by atoms with van der Waals surface area (Å²) >= 11 is 0. The average molecular weight is 521 g/mol. The number of rotatable bonds is 7. The summed E-state index contributed by atoms with van der Waals surface area (Å²) in [6.07, 6.45) is -1.15. The van der Waals surface area contributed by atoms with Gasteiger partial charge in [-0.2, -0.15) is 0 Å². The van der Waals surface area contributed by atoms with Crippen LogP contribution in [-0.4, -0.2) is 59.7 Å². The zero-order valence-corrected chi connectivity index (χ0v) is 22.1. The molecule has 0 aromatic carbocycles. The fourth-order valence-corrected chi connectivity index (χ4v) is 7.69. The summed E-state index contributed by atoms with van der Waals surface area (Å²) in [6.45, 7) is 10.0. The van der Waals surface area contributed by atoms with Gasteiger partial charge in [-0.1, -0.05) is 13.8 Å². The molecule has 1 N–H and O–H groups in total. The van der Waals surface area contributed by atoms with Gasteiger partial charge in [-0.15, -0.1) is 0 Å². The largest absolute Gasteiger partial charge is 0.462 e. The molecule has 3 saturated carbocycles. The van der Waals surface area contributed by atoms with Gasteiger partial charge in [-0.05, 0) is 40.0 Å². The Balaban J connectivity index is 1.47. The Kier molecular flexibility index (Phi) is 6.12. The van der Waals surface area contributed by atoms with Crippen LogP contribution in [-0.2, 0) is 42.9 Å². The number of fused-ring (bicyclic) bond motifs is 3. The highest BCUT2D eigenvalue weighted by Crippen LogP contribution is 2.77. The Morgan fingerprint density at radius 3 is 2.51 bits per heavy atom. The molecule has 5 aliphatic rings. The van der Waals surface area contributed by atoms with Crippen LogP contribution in [0.3, 0.4) is 0 Å². The molecular weight excluding hydrogens is 484 g/mol. The minimum Gasteiger partial charge on any atom is -0.462 e. The normalized spacial score (nSPS) is 42.9. The molecule has 2 aliphatic heterocycles. The lowest BCUT2D eigenvalue weighted by Crippen LogP contribution is -2.59. The highest BCUT2D eigenvalue weighted by molar-refractivity contribution is 5.82. The summed E-state index contributed by atoms with van der Waals surface area (Å²) in [5.41, 5.74) is -1.08. The quantitative estimate of drug-likeness (QED) is 0.393. The molecular formula is C27H36O10. The van der Waals surface area contributed by atoms with E-state index in [0.29, 0.717) is 18.4 Å². The average Bonchev–Trinajstić information content (AvgIpc) is 3.25. The lowest BCUT2D eigenvalue weighted by atomic mass is 9.61. The van der Waals surface area contributed by atoms with E-state index in [0.717, 1.165) is 0 Å². The highest BCUT2D eigenvalue weighted by Gasteiger charge is 2.82. The highest BCUT2D eigenvalue weighted by atomic mass is 16.7. The number of hydrogen-bond acceptors (Lipinski definition) is 10. The van der Waals surface area contributed by atoms with Crippen molar-refractivity contribution in [3.8, 4) is 0 Å². The summed E-state index contributed by atoms with van der Waals surface area (Å²) in [5.74, 6) is -4.12. The van der Waals surface area contributed by atoms with Crippen LogP contribution in [0.1, 0.15) is 60.8 Å². The predicted molar refractivity (Wildman–Crippen MR) is 125 cm³/mol. The smallest absolute Gasteiger partial charge is 0.315 e. The van der Waals surface area contributed by atoms with Crippen molar-refractivity contribution in [2.75, 3.05) is 0 Å². The number of aliphatic hydroxyl groups excluding tert-OH is 1. The van der Waals surface area contributed by atoms with Gasteiger partial charge in [0, 0.05) is 35.7 Å². The van der Waals surface area contributed by atoms with Gasteiger partial charge in [0.2, 0.25) is 6.29 Å². The lowest BCUT2D eigenvalue weighted by molar-refractivity contribution is -0.215. The molecule has 204 valence electrons. The van der Waals surface area contributed by atoms with Gasteiger partial charge in [0.15, 0.2) is 6.10 Å². The summed E-state index contributed by atoms with van der Waals surface area (Å²) in [6, 6.07) is 0. The van der Waals surface area contributed by atoms with Crippen LogP contribution < -0.4 is 0 Å². The molecule has 4 fully saturated rings. The van der Waals surface area contributed by atoms with E-state index in [4.69, 9.17) is 23.7 Å². The van der Waals surface area contributed by atoms with Crippen molar-refractivity contribution in [3.63, 3.8) is 0 Å². The molecule has 2 heterocycles. The fraction of sp³-hybridized carbons (Fsp3) is 0.778. The zero-order valence-electron chi connectivity index (χ0n) is 22.1. The van der Waals surface area contributed by atoms with Crippen molar-refractivity contribution in [2.24, 2.45) is 40.4 Å². The van der Waals surface area contributed by atoms with Crippen molar-refractivity contribution >= 4 is 23.9 Å². The maximum absolute atomic E-state index is 13.4. The number of carbonyl (C=O) groups excluding carboxylic acids is 4. The van der Waals surface area contributed by atoms with E-state index in [9.17, 15) is 24.3 Å². The van der Waals surface area contributed by atoms with Crippen LogP contribution in [0.2, 0.25) is 0 Å². The van der Waals surface area contributed by atoms with Gasteiger partial charge < -0.3 is 28.8 Å². The van der Waals surface area contributed by atoms with Crippen LogP contribution in [0, 0.1) is 40.4 Å². The molecule has 1 saturated heterocycles. The van der Waals surface area contributed by atoms with E-state index in [-0.39, 0.29) is 24.2 Å². The summed E-state index contributed by atoms with van der Waals surface area (Å²) < 4.78 is 28.7. The third-order valence-electron chi connectivity index (χ3n) is 9.87. The Bertz CT molecular complexity index is 1050. The molecule has 12 atom stereocenters. The minimum absolute atomic E-state index is 0.285. The predicted octanol–water partition coefficient (Wildman–Crippen LogP) is 2.26. The van der Waals surface area contributed by atoms with Crippen LogP contribution in [0.4, 0.5) is 0 Å². The maximum atomic E-state index is 13.4. The van der Waals surface area contributed by atoms with Crippen LogP contribution >= 0.6 is 0 Å². The summed E-state index contributed by atoms with van der Waals surface area (Å²) in [5, 5.41) is 11.3. The second-order valence-corrected chi connectivity index (χ2v) is 11.7. The second kappa shape index (κ2) is 8.71. The number of ether oxygens (including phenoxy) is 5. The molecule has 0 amide bonds. The van der Waals surface area contributed by atoms with E-state index < -0.39 is 77.2 Å². The molecule has 1 spiro atoms. The molecule has 0 aromatic rings. The van der Waals surface area contributed by atoms with E-state index >= 15 is 0 Å². The molecule has 3 bridgehead atoms. The third kappa shape index (κ3) is 3.47. The van der Waals surface area contributed by atoms with E-state index in [2.05, 4.69) is 0 Å². The Morgan fingerprint density at radius 2 is 1.86 bits per heavy atom. The third-order valence-corrected chi connectivity index (χ3v) is 9.87. The second-order valence-electron chi connectivity index (χ2n) is 11.7. The van der Waals surface area contributed by atoms with Crippen molar-refractivity contribution in [1.82, 2.24) is 0 Å². The van der Waals surface area contributed by atoms with Crippen molar-refractivity contribution in [3.05, 3.63) is 11.8 Å². The number of hydrogen-bond donors (Lipinski definition) is 1. The first-order chi connectivity index (χ1) is 17.4. The van der Waals surface area contributed by atoms with Crippen molar-refractivity contribution in [1.29, 1.82) is 0 Å². The first-order valence-corrected chi connectivity index (χ1v) is 13.2. The van der Waals surface area contributed by atoms with Gasteiger partial charge in [0.25, 0.3) is 0 Å². The number of carbonyl (C=O) groups is 4.